The standard InChI is InChI=1S/C14H16Br2N2O3/c1-8-4-5-18(13(8)14(20)21)7-12(19)17-11-3-2-9(15)6-10(11)16/h2-3,6,8,13H,4-5,7H2,1H3,(H,17,19)(H,20,21). The van der Waals surface area contributed by atoms with E-state index in [0.29, 0.717) is 12.2 Å². The number of carbonyl (C=O) groups is 2. The predicted octanol–water partition coefficient (Wildman–Crippen LogP) is 2.95. The van der Waals surface area contributed by atoms with Crippen LogP contribution < -0.4 is 5.32 Å². The van der Waals surface area contributed by atoms with Crippen molar-refractivity contribution in [2.45, 2.75) is 19.4 Å². The zero-order chi connectivity index (χ0) is 15.6. The molecule has 1 aromatic carbocycles. The molecule has 1 aromatic rings. The number of rotatable bonds is 4. The maximum absolute atomic E-state index is 12.1. The SMILES string of the molecule is CC1CCN(CC(=O)Nc2ccc(Br)cc2Br)C1C(=O)O. The number of anilines is 1. The fourth-order valence-electron chi connectivity index (χ4n) is 2.57. The number of hydrogen-bond acceptors (Lipinski definition) is 3. The molecule has 2 rings (SSSR count). The first kappa shape index (κ1) is 16.5. The molecule has 1 heterocycles. The highest BCUT2D eigenvalue weighted by Crippen LogP contribution is 2.27. The lowest BCUT2D eigenvalue weighted by atomic mass is 10.0. The summed E-state index contributed by atoms with van der Waals surface area (Å²) in [6.45, 7) is 2.62. The minimum atomic E-state index is -0.863. The second kappa shape index (κ2) is 6.89. The van der Waals surface area contributed by atoms with Gasteiger partial charge in [-0.3, -0.25) is 14.5 Å². The van der Waals surface area contributed by atoms with Crippen LogP contribution in [0.4, 0.5) is 5.69 Å². The van der Waals surface area contributed by atoms with Crippen molar-refractivity contribution in [1.29, 1.82) is 0 Å². The molecule has 0 aliphatic carbocycles. The summed E-state index contributed by atoms with van der Waals surface area (Å²) in [7, 11) is 0. The van der Waals surface area contributed by atoms with E-state index in [1.54, 1.807) is 11.0 Å². The number of nitrogens with one attached hydrogen (secondary N) is 1. The van der Waals surface area contributed by atoms with Crippen LogP contribution in [0, 0.1) is 5.92 Å². The van der Waals surface area contributed by atoms with Crippen molar-refractivity contribution in [2.24, 2.45) is 5.92 Å². The highest BCUT2D eigenvalue weighted by Gasteiger charge is 2.37. The molecule has 1 aliphatic rings. The number of aliphatic carboxylic acids is 1. The predicted molar refractivity (Wildman–Crippen MR) is 87.2 cm³/mol. The zero-order valence-corrected chi connectivity index (χ0v) is 14.6. The Hall–Kier alpha value is -0.920. The molecule has 0 bridgehead atoms. The Labute approximate surface area is 140 Å². The third kappa shape index (κ3) is 4.05. The molecular weight excluding hydrogens is 404 g/mol. The first-order chi connectivity index (χ1) is 9.88. The fraction of sp³-hybridized carbons (Fsp3) is 0.429. The van der Waals surface area contributed by atoms with Gasteiger partial charge in [-0.1, -0.05) is 22.9 Å². The van der Waals surface area contributed by atoms with E-state index in [4.69, 9.17) is 0 Å². The number of carboxylic acid groups (broad SMARTS) is 1. The molecule has 1 fully saturated rings. The molecular formula is C14H16Br2N2O3. The number of amides is 1. The van der Waals surface area contributed by atoms with Crippen molar-refractivity contribution in [3.05, 3.63) is 27.1 Å². The Morgan fingerprint density at radius 3 is 2.76 bits per heavy atom. The van der Waals surface area contributed by atoms with Crippen LogP contribution in [0.1, 0.15) is 13.3 Å². The summed E-state index contributed by atoms with van der Waals surface area (Å²) >= 11 is 6.73. The van der Waals surface area contributed by atoms with E-state index >= 15 is 0 Å². The van der Waals surface area contributed by atoms with E-state index in [0.717, 1.165) is 15.4 Å². The first-order valence-electron chi connectivity index (χ1n) is 6.60. The molecule has 0 radical (unpaired) electrons. The maximum Gasteiger partial charge on any atom is 0.321 e. The van der Waals surface area contributed by atoms with Gasteiger partial charge in [-0.05, 0) is 53.0 Å². The van der Waals surface area contributed by atoms with E-state index in [-0.39, 0.29) is 18.4 Å². The highest BCUT2D eigenvalue weighted by molar-refractivity contribution is 9.11. The summed E-state index contributed by atoms with van der Waals surface area (Å²) in [6, 6.07) is 4.88. The van der Waals surface area contributed by atoms with Crippen LogP contribution in [0.5, 0.6) is 0 Å². The highest BCUT2D eigenvalue weighted by atomic mass is 79.9. The van der Waals surface area contributed by atoms with Gasteiger partial charge in [0, 0.05) is 8.95 Å². The lowest BCUT2D eigenvalue weighted by Gasteiger charge is -2.22. The molecule has 1 amide bonds. The number of likely N-dealkylation sites (tertiary alicyclic amines) is 1. The van der Waals surface area contributed by atoms with Gasteiger partial charge in [0.05, 0.1) is 12.2 Å². The Morgan fingerprint density at radius 2 is 2.14 bits per heavy atom. The van der Waals surface area contributed by atoms with Crippen molar-refractivity contribution < 1.29 is 14.7 Å². The van der Waals surface area contributed by atoms with Crippen molar-refractivity contribution in [3.8, 4) is 0 Å². The Kier molecular flexibility index (Phi) is 5.40. The molecule has 1 aliphatic heterocycles. The van der Waals surface area contributed by atoms with Gasteiger partial charge in [0.15, 0.2) is 0 Å². The maximum atomic E-state index is 12.1. The fourth-order valence-corrected chi connectivity index (χ4v) is 3.71. The van der Waals surface area contributed by atoms with Gasteiger partial charge < -0.3 is 10.4 Å². The summed E-state index contributed by atoms with van der Waals surface area (Å²) in [5.74, 6) is -1.01. The van der Waals surface area contributed by atoms with Crippen LogP contribution in [0.15, 0.2) is 27.1 Å². The Balaban J connectivity index is 2.00. The van der Waals surface area contributed by atoms with Gasteiger partial charge in [0.25, 0.3) is 0 Å². The smallest absolute Gasteiger partial charge is 0.321 e. The molecule has 0 spiro atoms. The normalized spacial score (nSPS) is 22.2. The number of hydrogen-bond donors (Lipinski definition) is 2. The van der Waals surface area contributed by atoms with Crippen molar-refractivity contribution >= 4 is 49.4 Å². The molecule has 2 atom stereocenters. The van der Waals surface area contributed by atoms with Crippen molar-refractivity contribution in [1.82, 2.24) is 4.90 Å². The van der Waals surface area contributed by atoms with Gasteiger partial charge in [-0.2, -0.15) is 0 Å². The van der Waals surface area contributed by atoms with Crippen LogP contribution in [0.25, 0.3) is 0 Å². The average molecular weight is 420 g/mol. The lowest BCUT2D eigenvalue weighted by molar-refractivity contribution is -0.143. The topological polar surface area (TPSA) is 69.6 Å². The lowest BCUT2D eigenvalue weighted by Crippen LogP contribution is -2.43. The molecule has 0 aromatic heterocycles. The molecule has 5 nitrogen and oxygen atoms in total. The van der Waals surface area contributed by atoms with Crippen molar-refractivity contribution in [3.63, 3.8) is 0 Å². The van der Waals surface area contributed by atoms with E-state index in [9.17, 15) is 14.7 Å². The molecule has 0 saturated carbocycles. The van der Waals surface area contributed by atoms with Crippen LogP contribution in [0.3, 0.4) is 0 Å². The largest absolute Gasteiger partial charge is 0.480 e. The van der Waals surface area contributed by atoms with Gasteiger partial charge in [0.2, 0.25) is 5.91 Å². The minimum absolute atomic E-state index is 0.0646. The molecule has 114 valence electrons. The molecule has 7 heteroatoms. The quantitative estimate of drug-likeness (QED) is 0.787. The summed E-state index contributed by atoms with van der Waals surface area (Å²) in [6.07, 6.45) is 0.798. The summed E-state index contributed by atoms with van der Waals surface area (Å²) < 4.78 is 1.68. The van der Waals surface area contributed by atoms with Gasteiger partial charge >= 0.3 is 5.97 Å². The molecule has 2 unspecified atom stereocenters. The van der Waals surface area contributed by atoms with Crippen LogP contribution in [0.2, 0.25) is 0 Å². The number of benzene rings is 1. The third-order valence-corrected chi connectivity index (χ3v) is 4.76. The van der Waals surface area contributed by atoms with E-state index in [1.165, 1.54) is 0 Å². The second-order valence-corrected chi connectivity index (χ2v) is 6.96. The Morgan fingerprint density at radius 1 is 1.43 bits per heavy atom. The van der Waals surface area contributed by atoms with Crippen LogP contribution >= 0.6 is 31.9 Å². The summed E-state index contributed by atoms with van der Waals surface area (Å²) in [5, 5.41) is 12.0. The van der Waals surface area contributed by atoms with Crippen LogP contribution in [-0.4, -0.2) is 41.0 Å². The summed E-state index contributed by atoms with van der Waals surface area (Å²) in [5.41, 5.74) is 0.669. The molecule has 1 saturated heterocycles. The second-order valence-electron chi connectivity index (χ2n) is 5.19. The van der Waals surface area contributed by atoms with Crippen molar-refractivity contribution in [2.75, 3.05) is 18.4 Å². The van der Waals surface area contributed by atoms with Crippen LogP contribution in [-0.2, 0) is 9.59 Å². The number of carbonyl (C=O) groups excluding carboxylic acids is 1. The van der Waals surface area contributed by atoms with Gasteiger partial charge in [-0.15, -0.1) is 0 Å². The first-order valence-corrected chi connectivity index (χ1v) is 8.19. The number of carboxylic acids is 1. The summed E-state index contributed by atoms with van der Waals surface area (Å²) in [4.78, 5) is 25.1. The average Bonchev–Trinajstić information content (AvgIpc) is 2.74. The monoisotopic (exact) mass is 418 g/mol. The molecule has 21 heavy (non-hydrogen) atoms. The Bertz CT molecular complexity index is 565. The minimum Gasteiger partial charge on any atom is -0.480 e. The number of halogens is 2. The molecule has 2 N–H and O–H groups in total. The third-order valence-electron chi connectivity index (χ3n) is 3.61. The van der Waals surface area contributed by atoms with E-state index < -0.39 is 12.0 Å². The number of nitrogens with zero attached hydrogens (tertiary/aromatic N) is 1. The van der Waals surface area contributed by atoms with E-state index in [2.05, 4.69) is 37.2 Å². The van der Waals surface area contributed by atoms with E-state index in [1.807, 2.05) is 19.1 Å². The van der Waals surface area contributed by atoms with Gasteiger partial charge in [-0.25, -0.2) is 0 Å². The zero-order valence-electron chi connectivity index (χ0n) is 11.5. The van der Waals surface area contributed by atoms with Gasteiger partial charge in [0.1, 0.15) is 6.04 Å².